The summed E-state index contributed by atoms with van der Waals surface area (Å²) in [5.41, 5.74) is 7.25. The number of rotatable bonds is 16. The number of hydrogen-bond acceptors (Lipinski definition) is 13. The second-order valence-corrected chi connectivity index (χ2v) is 18.4. The molecule has 6 aromatic rings. The van der Waals surface area contributed by atoms with Crippen molar-refractivity contribution < 1.29 is 57.3 Å². The number of imide groups is 1. The quantitative estimate of drug-likeness (QED) is 0.0590. The SMILES string of the molecule is Cc1ccnc(-c2cc(N3CCCC3C(=O)CC(CS(C)(=O)=O)C(=O)NCCCCC(=O)ON3C(=O)CCC3=O)ccn2)c1.[Ir].[c-]1ccccc1-c1ccccn1.[c-]1ccccc1-c1ccccn1. The van der Waals surface area contributed by atoms with Crippen LogP contribution < -0.4 is 10.2 Å². The zero-order valence-electron chi connectivity index (χ0n) is 38.3. The number of amides is 3. The number of hydroxylamine groups is 2. The number of aromatic nitrogens is 4. The molecule has 361 valence electrons. The van der Waals surface area contributed by atoms with E-state index in [9.17, 15) is 32.4 Å². The Morgan fingerprint density at radius 1 is 0.754 bits per heavy atom. The molecule has 15 nitrogen and oxygen atoms in total. The number of unbranched alkanes of at least 4 members (excludes halogenated alkanes) is 1. The van der Waals surface area contributed by atoms with Crippen LogP contribution in [0.25, 0.3) is 33.9 Å². The third-order valence-electron chi connectivity index (χ3n) is 10.8. The van der Waals surface area contributed by atoms with Crippen LogP contribution in [-0.2, 0) is 58.8 Å². The van der Waals surface area contributed by atoms with E-state index in [0.717, 1.165) is 46.4 Å². The fourth-order valence-electron chi connectivity index (χ4n) is 7.50. The standard InChI is InChI=1S/C30H37N5O8S.2C11H8N.Ir/c1-20-10-13-31-23(16-20)24-18-22(11-14-32-24)34-15-5-6-25(34)26(36)17-21(19-44(2,41)42)30(40)33-12-4-3-7-29(39)43-35-27(37)8-9-28(35)38;2*1-2-6-10(7-3-1)11-8-4-5-9-12-11;/h10-11,13-14,16,18,21,25H,3-9,12,15,17,19H2,1-2H3,(H,33,40);2*1-6,8-9H;/q;2*-1;. The molecule has 3 amide bonds. The fourth-order valence-corrected chi connectivity index (χ4v) is 8.50. The van der Waals surface area contributed by atoms with Gasteiger partial charge in [0.25, 0.3) is 11.8 Å². The van der Waals surface area contributed by atoms with Crippen molar-refractivity contribution >= 4 is 45.0 Å². The van der Waals surface area contributed by atoms with Crippen molar-refractivity contribution in [2.45, 2.75) is 64.3 Å². The van der Waals surface area contributed by atoms with Crippen LogP contribution >= 0.6 is 0 Å². The minimum absolute atomic E-state index is 0. The van der Waals surface area contributed by atoms with Gasteiger partial charge in [-0.05, 0) is 86.0 Å². The van der Waals surface area contributed by atoms with E-state index in [0.29, 0.717) is 42.3 Å². The molecule has 0 bridgehead atoms. The summed E-state index contributed by atoms with van der Waals surface area (Å²) in [6.07, 6.45) is 9.68. The molecule has 2 fully saturated rings. The number of nitrogens with one attached hydrogen (secondary N) is 1. The Morgan fingerprint density at radius 3 is 1.88 bits per heavy atom. The molecule has 4 aromatic heterocycles. The third kappa shape index (κ3) is 16.7. The molecule has 6 heterocycles. The molecule has 2 aromatic carbocycles. The number of Topliss-reactive ketones (excluding diaryl/α,β-unsaturated/α-hetero) is 1. The third-order valence-corrected chi connectivity index (χ3v) is 11.8. The average molecular weight is 1130 g/mol. The van der Waals surface area contributed by atoms with Crippen LogP contribution in [0.1, 0.15) is 56.9 Å². The molecule has 2 unspecified atom stereocenters. The number of pyridine rings is 4. The molecule has 2 atom stereocenters. The van der Waals surface area contributed by atoms with Gasteiger partial charge in [-0.3, -0.25) is 29.1 Å². The number of benzene rings is 2. The molecule has 17 heteroatoms. The molecular formula is C52H53IrN7O8S-2. The second kappa shape index (κ2) is 26.7. The van der Waals surface area contributed by atoms with Gasteiger partial charge in [0.05, 0.1) is 29.1 Å². The van der Waals surface area contributed by atoms with E-state index in [1.54, 1.807) is 24.8 Å². The van der Waals surface area contributed by atoms with E-state index in [-0.39, 0.29) is 58.1 Å². The summed E-state index contributed by atoms with van der Waals surface area (Å²) in [5.74, 6) is -4.17. The number of ketones is 1. The molecule has 0 spiro atoms. The maximum Gasteiger partial charge on any atom is 0.333 e. The van der Waals surface area contributed by atoms with Gasteiger partial charge in [0.2, 0.25) is 5.91 Å². The van der Waals surface area contributed by atoms with Crippen LogP contribution in [0.4, 0.5) is 5.69 Å². The van der Waals surface area contributed by atoms with Gasteiger partial charge in [-0.2, -0.15) is 0 Å². The summed E-state index contributed by atoms with van der Waals surface area (Å²) in [6.45, 7) is 2.74. The van der Waals surface area contributed by atoms with Crippen molar-refractivity contribution in [1.29, 1.82) is 0 Å². The van der Waals surface area contributed by atoms with Gasteiger partial charge in [0.15, 0.2) is 5.78 Å². The smallest absolute Gasteiger partial charge is 0.333 e. The summed E-state index contributed by atoms with van der Waals surface area (Å²) in [5, 5.41) is 3.16. The predicted molar refractivity (Wildman–Crippen MR) is 256 cm³/mol. The maximum absolute atomic E-state index is 13.5. The summed E-state index contributed by atoms with van der Waals surface area (Å²) >= 11 is 0. The Hall–Kier alpha value is -6.81. The average Bonchev–Trinajstić information content (AvgIpc) is 3.98. The number of carbonyl (C=O) groups is 5. The maximum atomic E-state index is 13.5. The van der Waals surface area contributed by atoms with Crippen LogP contribution in [0.3, 0.4) is 0 Å². The van der Waals surface area contributed by atoms with Gasteiger partial charge in [0, 0.05) is 95.6 Å². The van der Waals surface area contributed by atoms with E-state index in [4.69, 9.17) is 4.84 Å². The molecule has 2 saturated heterocycles. The summed E-state index contributed by atoms with van der Waals surface area (Å²) in [4.78, 5) is 85.7. The molecular weight excluding hydrogens is 1070 g/mol. The van der Waals surface area contributed by atoms with Crippen molar-refractivity contribution in [1.82, 2.24) is 30.3 Å². The first-order valence-electron chi connectivity index (χ1n) is 22.3. The number of sulfone groups is 1. The first-order valence-corrected chi connectivity index (χ1v) is 24.4. The fraction of sp³-hybridized carbons (Fsp3) is 0.288. The molecule has 1 radical (unpaired) electrons. The van der Waals surface area contributed by atoms with E-state index < -0.39 is 51.2 Å². The monoisotopic (exact) mass is 1130 g/mol. The zero-order chi connectivity index (χ0) is 48.3. The molecule has 1 N–H and O–H groups in total. The van der Waals surface area contributed by atoms with Crippen LogP contribution in [0.2, 0.25) is 0 Å². The Morgan fingerprint density at radius 2 is 1.33 bits per heavy atom. The molecule has 2 aliphatic rings. The summed E-state index contributed by atoms with van der Waals surface area (Å²) in [6, 6.07) is 40.7. The Kier molecular flexibility index (Phi) is 20.5. The van der Waals surface area contributed by atoms with Gasteiger partial charge >= 0.3 is 5.97 Å². The minimum atomic E-state index is -3.57. The topological polar surface area (TPSA) is 199 Å². The first kappa shape index (κ1) is 53.1. The van der Waals surface area contributed by atoms with Crippen molar-refractivity contribution in [2.75, 3.05) is 30.0 Å². The van der Waals surface area contributed by atoms with E-state index in [2.05, 4.69) is 37.4 Å². The second-order valence-electron chi connectivity index (χ2n) is 16.2. The van der Waals surface area contributed by atoms with Crippen molar-refractivity contribution in [3.8, 4) is 33.9 Å². The molecule has 8 rings (SSSR count). The Bertz CT molecular complexity index is 2570. The summed E-state index contributed by atoms with van der Waals surface area (Å²) < 4.78 is 24.3. The Labute approximate surface area is 416 Å². The molecule has 0 saturated carbocycles. The van der Waals surface area contributed by atoms with Gasteiger partial charge in [0.1, 0.15) is 9.84 Å². The van der Waals surface area contributed by atoms with Crippen LogP contribution in [0, 0.1) is 25.0 Å². The number of nitrogens with zero attached hydrogens (tertiary/aromatic N) is 6. The van der Waals surface area contributed by atoms with Gasteiger partial charge in [-0.1, -0.05) is 24.3 Å². The van der Waals surface area contributed by atoms with E-state index in [1.165, 1.54) is 0 Å². The minimum Gasteiger partial charge on any atom is -0.361 e. The normalized spacial score (nSPS) is 14.6. The van der Waals surface area contributed by atoms with Gasteiger partial charge in [-0.25, -0.2) is 13.2 Å². The Balaban J connectivity index is 0.000000284. The predicted octanol–water partition coefficient (Wildman–Crippen LogP) is 7.03. The van der Waals surface area contributed by atoms with Crippen molar-refractivity contribution in [3.05, 3.63) is 152 Å². The van der Waals surface area contributed by atoms with Crippen molar-refractivity contribution in [3.63, 3.8) is 0 Å². The van der Waals surface area contributed by atoms with Crippen LogP contribution in [0.15, 0.2) is 134 Å². The first-order chi connectivity index (χ1) is 32.8. The zero-order valence-corrected chi connectivity index (χ0v) is 41.5. The van der Waals surface area contributed by atoms with E-state index >= 15 is 0 Å². The van der Waals surface area contributed by atoms with Gasteiger partial charge in [-0.15, -0.1) is 76.9 Å². The summed E-state index contributed by atoms with van der Waals surface area (Å²) in [7, 11) is -3.57. The largest absolute Gasteiger partial charge is 0.361 e. The van der Waals surface area contributed by atoms with Crippen molar-refractivity contribution in [2.24, 2.45) is 5.92 Å². The van der Waals surface area contributed by atoms with E-state index in [1.807, 2.05) is 121 Å². The molecule has 0 aliphatic carbocycles. The van der Waals surface area contributed by atoms with Crippen LogP contribution in [-0.4, -0.2) is 94.0 Å². The van der Waals surface area contributed by atoms with Crippen LogP contribution in [0.5, 0.6) is 0 Å². The number of anilines is 1. The molecule has 2 aliphatic heterocycles. The van der Waals surface area contributed by atoms with Gasteiger partial charge < -0.3 is 25.0 Å². The number of hydrogen-bond donors (Lipinski definition) is 1. The molecule has 69 heavy (non-hydrogen) atoms. The number of aryl methyl sites for hydroxylation is 1. The number of carbonyl (C=O) groups excluding carboxylic acids is 5.